The van der Waals surface area contributed by atoms with Gasteiger partial charge in [-0.2, -0.15) is 13.2 Å². The van der Waals surface area contributed by atoms with Gasteiger partial charge in [-0.15, -0.1) is 11.3 Å². The largest absolute Gasteiger partial charge is 0.443 e. The first-order valence-electron chi connectivity index (χ1n) is 5.48. The number of hydrogen-bond donors (Lipinski definition) is 1. The quantitative estimate of drug-likeness (QED) is 0.814. The fourth-order valence-electron chi connectivity index (χ4n) is 1.74. The molecule has 1 unspecified atom stereocenters. The number of nitrogens with one attached hydrogen (secondary N) is 1. The molecule has 1 aromatic heterocycles. The second-order valence-corrected chi connectivity index (χ2v) is 6.34. The maximum atomic E-state index is 12.6. The Balaban J connectivity index is 2.42. The molecule has 108 valence electrons. The predicted molar refractivity (Wildman–Crippen MR) is 77.2 cm³/mol. The van der Waals surface area contributed by atoms with Crippen molar-refractivity contribution in [3.05, 3.63) is 49.3 Å². The number of halogens is 5. The third-order valence-electron chi connectivity index (χ3n) is 2.61. The zero-order chi connectivity index (χ0) is 14.9. The summed E-state index contributed by atoms with van der Waals surface area (Å²) < 4.78 is 38.6. The molecule has 0 radical (unpaired) electrons. The van der Waals surface area contributed by atoms with Gasteiger partial charge in [0.1, 0.15) is 0 Å². The Labute approximate surface area is 131 Å². The lowest BCUT2D eigenvalue weighted by atomic mass is 10.1. The van der Waals surface area contributed by atoms with E-state index < -0.39 is 17.2 Å². The van der Waals surface area contributed by atoms with Gasteiger partial charge in [0.05, 0.1) is 6.04 Å². The molecule has 2 aromatic rings. The molecule has 0 aliphatic rings. The molecule has 0 aliphatic carbocycles. The van der Waals surface area contributed by atoms with E-state index in [0.717, 1.165) is 4.47 Å². The number of nitrogens with zero attached hydrogens (tertiary/aromatic N) is 1. The molecule has 0 fully saturated rings. The molecular weight excluding hydrogens is 377 g/mol. The summed E-state index contributed by atoms with van der Waals surface area (Å²) in [7, 11) is 1.66. The third-order valence-corrected chi connectivity index (χ3v) is 4.55. The zero-order valence-corrected chi connectivity index (χ0v) is 13.3. The summed E-state index contributed by atoms with van der Waals surface area (Å²) in [4.78, 5) is 3.89. The van der Waals surface area contributed by atoms with E-state index in [2.05, 4.69) is 26.2 Å². The predicted octanol–water partition coefficient (Wildman–Crippen LogP) is 4.89. The summed E-state index contributed by atoms with van der Waals surface area (Å²) in [6.45, 7) is 0. The number of aromatic nitrogens is 1. The molecule has 20 heavy (non-hydrogen) atoms. The summed E-state index contributed by atoms with van der Waals surface area (Å²) in [5.74, 6) is 0. The van der Waals surface area contributed by atoms with Crippen LogP contribution in [0.3, 0.4) is 0 Å². The van der Waals surface area contributed by atoms with Crippen LogP contribution in [-0.2, 0) is 6.18 Å². The first-order valence-corrected chi connectivity index (χ1v) is 7.47. The summed E-state index contributed by atoms with van der Waals surface area (Å²) in [6.07, 6.45) is -3.20. The van der Waals surface area contributed by atoms with Crippen molar-refractivity contribution in [3.8, 4) is 0 Å². The van der Waals surface area contributed by atoms with Crippen LogP contribution in [0.15, 0.2) is 28.9 Å². The highest BCUT2D eigenvalue weighted by atomic mass is 79.9. The Bertz CT molecular complexity index is 615. The Morgan fingerprint density at radius 3 is 2.65 bits per heavy atom. The van der Waals surface area contributed by atoms with Gasteiger partial charge < -0.3 is 5.32 Å². The van der Waals surface area contributed by atoms with Crippen molar-refractivity contribution in [2.75, 3.05) is 7.05 Å². The van der Waals surface area contributed by atoms with Crippen molar-refractivity contribution < 1.29 is 13.2 Å². The fraction of sp³-hybridized carbons (Fsp3) is 0.250. The fourth-order valence-corrected chi connectivity index (χ4v) is 3.26. The number of benzene rings is 1. The SMILES string of the molecule is CNC(c1cnc(C(F)(F)F)s1)c1cc(Br)ccc1Cl. The van der Waals surface area contributed by atoms with Crippen molar-refractivity contribution in [3.63, 3.8) is 0 Å². The summed E-state index contributed by atoms with van der Waals surface area (Å²) >= 11 is 10.1. The van der Waals surface area contributed by atoms with Gasteiger partial charge in [0.25, 0.3) is 0 Å². The smallest absolute Gasteiger partial charge is 0.309 e. The molecule has 0 saturated heterocycles. The molecule has 1 N–H and O–H groups in total. The minimum atomic E-state index is -4.43. The van der Waals surface area contributed by atoms with Crippen molar-refractivity contribution >= 4 is 38.9 Å². The molecule has 1 atom stereocenters. The minimum absolute atomic E-state index is 0.436. The van der Waals surface area contributed by atoms with Crippen LogP contribution in [0.5, 0.6) is 0 Å². The number of alkyl halides is 3. The third kappa shape index (κ3) is 3.33. The van der Waals surface area contributed by atoms with E-state index in [9.17, 15) is 13.2 Å². The van der Waals surface area contributed by atoms with Crippen LogP contribution in [0.1, 0.15) is 21.5 Å². The van der Waals surface area contributed by atoms with E-state index in [4.69, 9.17) is 11.6 Å². The van der Waals surface area contributed by atoms with Gasteiger partial charge >= 0.3 is 6.18 Å². The molecule has 0 saturated carbocycles. The highest BCUT2D eigenvalue weighted by molar-refractivity contribution is 9.10. The molecule has 1 aromatic carbocycles. The standard InChI is InChI=1S/C12H9BrClF3N2S/c1-18-10(7-4-6(13)2-3-8(7)14)9-5-19-11(20-9)12(15,16)17/h2-5,10,18H,1H3. The van der Waals surface area contributed by atoms with E-state index in [1.807, 2.05) is 0 Å². The van der Waals surface area contributed by atoms with Gasteiger partial charge in [0, 0.05) is 20.6 Å². The molecule has 8 heteroatoms. The lowest BCUT2D eigenvalue weighted by molar-refractivity contribution is -0.137. The zero-order valence-electron chi connectivity index (χ0n) is 10.1. The van der Waals surface area contributed by atoms with Crippen LogP contribution in [-0.4, -0.2) is 12.0 Å². The van der Waals surface area contributed by atoms with E-state index in [1.165, 1.54) is 6.20 Å². The minimum Gasteiger partial charge on any atom is -0.309 e. The van der Waals surface area contributed by atoms with Gasteiger partial charge in [-0.05, 0) is 30.8 Å². The van der Waals surface area contributed by atoms with E-state index >= 15 is 0 Å². The number of rotatable bonds is 3. The first-order chi connectivity index (χ1) is 9.32. The Morgan fingerprint density at radius 1 is 1.40 bits per heavy atom. The average molecular weight is 386 g/mol. The monoisotopic (exact) mass is 384 g/mol. The normalized spacial score (nSPS) is 13.5. The topological polar surface area (TPSA) is 24.9 Å². The van der Waals surface area contributed by atoms with Gasteiger partial charge in [-0.25, -0.2) is 4.98 Å². The maximum absolute atomic E-state index is 12.6. The second-order valence-electron chi connectivity index (χ2n) is 3.95. The lowest BCUT2D eigenvalue weighted by Crippen LogP contribution is -2.17. The van der Waals surface area contributed by atoms with E-state index in [1.54, 1.807) is 25.2 Å². The van der Waals surface area contributed by atoms with Crippen LogP contribution in [0.2, 0.25) is 5.02 Å². The lowest BCUT2D eigenvalue weighted by Gasteiger charge is -2.16. The summed E-state index contributed by atoms with van der Waals surface area (Å²) in [6, 6.07) is 4.80. The average Bonchev–Trinajstić information content (AvgIpc) is 2.84. The summed E-state index contributed by atoms with van der Waals surface area (Å²) in [5, 5.41) is 2.58. The molecule has 0 aliphatic heterocycles. The highest BCUT2D eigenvalue weighted by Crippen LogP contribution is 2.37. The van der Waals surface area contributed by atoms with Crippen LogP contribution in [0.25, 0.3) is 0 Å². The van der Waals surface area contributed by atoms with Gasteiger partial charge in [0.15, 0.2) is 5.01 Å². The van der Waals surface area contributed by atoms with E-state index in [-0.39, 0.29) is 0 Å². The molecule has 0 spiro atoms. The molecule has 0 amide bonds. The molecule has 2 nitrogen and oxygen atoms in total. The van der Waals surface area contributed by atoms with Crippen molar-refractivity contribution in [2.24, 2.45) is 0 Å². The Kier molecular flexibility index (Phi) is 4.73. The Morgan fingerprint density at radius 2 is 2.10 bits per heavy atom. The van der Waals surface area contributed by atoms with Crippen LogP contribution in [0.4, 0.5) is 13.2 Å². The molecule has 2 rings (SSSR count). The first kappa shape index (κ1) is 15.8. The highest BCUT2D eigenvalue weighted by Gasteiger charge is 2.35. The molecule has 0 bridgehead atoms. The Hall–Kier alpha value is -0.630. The van der Waals surface area contributed by atoms with Crippen LogP contribution >= 0.6 is 38.9 Å². The summed E-state index contributed by atoms with van der Waals surface area (Å²) in [5.41, 5.74) is 0.695. The maximum Gasteiger partial charge on any atom is 0.443 e. The van der Waals surface area contributed by atoms with Crippen LogP contribution in [0, 0.1) is 0 Å². The van der Waals surface area contributed by atoms with E-state index in [0.29, 0.717) is 26.8 Å². The van der Waals surface area contributed by atoms with Crippen molar-refractivity contribution in [2.45, 2.75) is 12.2 Å². The molecule has 1 heterocycles. The van der Waals surface area contributed by atoms with Crippen LogP contribution < -0.4 is 5.32 Å². The number of hydrogen-bond acceptors (Lipinski definition) is 3. The van der Waals surface area contributed by atoms with Gasteiger partial charge in [0.2, 0.25) is 0 Å². The number of thiazole rings is 1. The molecular formula is C12H9BrClF3N2S. The van der Waals surface area contributed by atoms with Crippen molar-refractivity contribution in [1.29, 1.82) is 0 Å². The van der Waals surface area contributed by atoms with Gasteiger partial charge in [-0.1, -0.05) is 27.5 Å². The van der Waals surface area contributed by atoms with Crippen molar-refractivity contribution in [1.82, 2.24) is 10.3 Å². The second kappa shape index (κ2) is 6.01. The van der Waals surface area contributed by atoms with Gasteiger partial charge in [-0.3, -0.25) is 0 Å².